The van der Waals surface area contributed by atoms with Crippen molar-refractivity contribution in [3.63, 3.8) is 0 Å². The molecule has 1 unspecified atom stereocenters. The number of hydrogen-bond donors (Lipinski definition) is 2. The first kappa shape index (κ1) is 12.2. The zero-order chi connectivity index (χ0) is 12.1. The fourth-order valence-corrected chi connectivity index (χ4v) is 1.15. The second kappa shape index (κ2) is 5.25. The van der Waals surface area contributed by atoms with E-state index in [1.165, 1.54) is 0 Å². The summed E-state index contributed by atoms with van der Waals surface area (Å²) in [6.07, 6.45) is 1.60. The molecule has 1 aromatic rings. The molecule has 0 radical (unpaired) electrons. The summed E-state index contributed by atoms with van der Waals surface area (Å²) in [5.41, 5.74) is 1.10. The van der Waals surface area contributed by atoms with E-state index < -0.39 is 11.9 Å². The van der Waals surface area contributed by atoms with Gasteiger partial charge in [0.2, 0.25) is 0 Å². The smallest absolute Gasteiger partial charge is 0.308 e. The number of carbonyl (C=O) groups excluding carboxylic acids is 1. The third-order valence-corrected chi connectivity index (χ3v) is 2.24. The number of carbonyl (C=O) groups is 2. The highest BCUT2D eigenvalue weighted by Crippen LogP contribution is 2.03. The van der Waals surface area contributed by atoms with E-state index in [-0.39, 0.29) is 12.5 Å². The van der Waals surface area contributed by atoms with Gasteiger partial charge in [-0.05, 0) is 19.1 Å². The van der Waals surface area contributed by atoms with E-state index in [1.54, 1.807) is 32.2 Å². The molecule has 0 aromatic carbocycles. The van der Waals surface area contributed by atoms with Gasteiger partial charge < -0.3 is 10.4 Å². The first-order chi connectivity index (χ1) is 7.52. The Bertz CT molecular complexity index is 404. The number of nitrogens with zero attached hydrogens (tertiary/aromatic N) is 1. The van der Waals surface area contributed by atoms with E-state index in [9.17, 15) is 9.59 Å². The maximum absolute atomic E-state index is 11.6. The molecule has 5 nitrogen and oxygen atoms in total. The van der Waals surface area contributed by atoms with Gasteiger partial charge in [0.25, 0.3) is 5.91 Å². The molecule has 0 aliphatic carbocycles. The molecule has 1 rings (SSSR count). The number of amides is 1. The minimum Gasteiger partial charge on any atom is -0.481 e. The van der Waals surface area contributed by atoms with Crippen molar-refractivity contribution in [2.24, 2.45) is 5.92 Å². The highest BCUT2D eigenvalue weighted by molar-refractivity contribution is 5.95. The Morgan fingerprint density at radius 1 is 1.56 bits per heavy atom. The van der Waals surface area contributed by atoms with E-state index >= 15 is 0 Å². The lowest BCUT2D eigenvalue weighted by Gasteiger charge is -2.09. The van der Waals surface area contributed by atoms with Gasteiger partial charge in [0.15, 0.2) is 0 Å². The molecule has 0 saturated carbocycles. The van der Waals surface area contributed by atoms with Crippen LogP contribution in [0.15, 0.2) is 18.3 Å². The van der Waals surface area contributed by atoms with E-state index in [0.717, 1.165) is 0 Å². The third kappa shape index (κ3) is 3.05. The van der Waals surface area contributed by atoms with Crippen LogP contribution in [0.3, 0.4) is 0 Å². The molecule has 1 atom stereocenters. The van der Waals surface area contributed by atoms with Gasteiger partial charge in [0.1, 0.15) is 0 Å². The maximum atomic E-state index is 11.6. The largest absolute Gasteiger partial charge is 0.481 e. The average Bonchev–Trinajstić information content (AvgIpc) is 2.25. The van der Waals surface area contributed by atoms with E-state index in [2.05, 4.69) is 10.3 Å². The Morgan fingerprint density at radius 3 is 2.81 bits per heavy atom. The standard InChI is InChI=1S/C11H14N2O3/c1-7(11(15)16)6-13-10(14)9-4-3-5-12-8(9)2/h3-5,7H,6H2,1-2H3,(H,13,14)(H,15,16). The Kier molecular flexibility index (Phi) is 3.99. The molecule has 1 heterocycles. The highest BCUT2D eigenvalue weighted by atomic mass is 16.4. The van der Waals surface area contributed by atoms with E-state index in [1.807, 2.05) is 0 Å². The Labute approximate surface area is 93.5 Å². The topological polar surface area (TPSA) is 79.3 Å². The van der Waals surface area contributed by atoms with Gasteiger partial charge in [0, 0.05) is 18.4 Å². The molecule has 0 aliphatic heterocycles. The fraction of sp³-hybridized carbons (Fsp3) is 0.364. The van der Waals surface area contributed by atoms with Gasteiger partial charge in [-0.25, -0.2) is 0 Å². The van der Waals surface area contributed by atoms with Crippen LogP contribution in [0.4, 0.5) is 0 Å². The molecule has 86 valence electrons. The van der Waals surface area contributed by atoms with Crippen LogP contribution in [0.2, 0.25) is 0 Å². The molecule has 0 saturated heterocycles. The summed E-state index contributed by atoms with van der Waals surface area (Å²) in [7, 11) is 0. The lowest BCUT2D eigenvalue weighted by molar-refractivity contribution is -0.140. The first-order valence-electron chi connectivity index (χ1n) is 4.95. The van der Waals surface area contributed by atoms with Crippen LogP contribution in [0, 0.1) is 12.8 Å². The summed E-state index contributed by atoms with van der Waals surface area (Å²) in [4.78, 5) is 26.2. The lowest BCUT2D eigenvalue weighted by atomic mass is 10.1. The second-order valence-corrected chi connectivity index (χ2v) is 3.59. The van der Waals surface area contributed by atoms with Crippen LogP contribution in [0.25, 0.3) is 0 Å². The average molecular weight is 222 g/mol. The van der Waals surface area contributed by atoms with Crippen molar-refractivity contribution in [2.45, 2.75) is 13.8 Å². The number of aliphatic carboxylic acids is 1. The molecular weight excluding hydrogens is 208 g/mol. The Morgan fingerprint density at radius 2 is 2.25 bits per heavy atom. The predicted octanol–water partition coefficient (Wildman–Crippen LogP) is 0.841. The SMILES string of the molecule is Cc1ncccc1C(=O)NCC(C)C(=O)O. The van der Waals surface area contributed by atoms with Crippen molar-refractivity contribution in [3.8, 4) is 0 Å². The Hall–Kier alpha value is -1.91. The normalized spacial score (nSPS) is 11.9. The fourth-order valence-electron chi connectivity index (χ4n) is 1.15. The summed E-state index contributed by atoms with van der Waals surface area (Å²) < 4.78 is 0. The molecule has 5 heteroatoms. The van der Waals surface area contributed by atoms with E-state index in [4.69, 9.17) is 5.11 Å². The number of aryl methyl sites for hydroxylation is 1. The molecule has 0 bridgehead atoms. The van der Waals surface area contributed by atoms with Crippen molar-refractivity contribution in [3.05, 3.63) is 29.6 Å². The summed E-state index contributed by atoms with van der Waals surface area (Å²) in [6.45, 7) is 3.39. The van der Waals surface area contributed by atoms with Gasteiger partial charge in [-0.3, -0.25) is 14.6 Å². The number of hydrogen-bond acceptors (Lipinski definition) is 3. The predicted molar refractivity (Wildman–Crippen MR) is 58.1 cm³/mol. The highest BCUT2D eigenvalue weighted by Gasteiger charge is 2.14. The summed E-state index contributed by atoms with van der Waals surface area (Å²) in [6, 6.07) is 3.33. The zero-order valence-corrected chi connectivity index (χ0v) is 9.23. The number of aromatic nitrogens is 1. The van der Waals surface area contributed by atoms with Gasteiger partial charge in [-0.15, -0.1) is 0 Å². The van der Waals surface area contributed by atoms with Crippen LogP contribution in [0.5, 0.6) is 0 Å². The molecule has 2 N–H and O–H groups in total. The van der Waals surface area contributed by atoms with Crippen LogP contribution in [-0.4, -0.2) is 28.5 Å². The van der Waals surface area contributed by atoms with Gasteiger partial charge >= 0.3 is 5.97 Å². The van der Waals surface area contributed by atoms with Gasteiger partial charge in [0.05, 0.1) is 11.5 Å². The molecule has 0 fully saturated rings. The van der Waals surface area contributed by atoms with Crippen molar-refractivity contribution in [1.82, 2.24) is 10.3 Å². The summed E-state index contributed by atoms with van der Waals surface area (Å²) >= 11 is 0. The van der Waals surface area contributed by atoms with Gasteiger partial charge in [-0.2, -0.15) is 0 Å². The molecule has 1 amide bonds. The van der Waals surface area contributed by atoms with Crippen LogP contribution in [-0.2, 0) is 4.79 Å². The van der Waals surface area contributed by atoms with Crippen LogP contribution in [0.1, 0.15) is 23.0 Å². The van der Waals surface area contributed by atoms with Gasteiger partial charge in [-0.1, -0.05) is 6.92 Å². The molecule has 0 aliphatic rings. The second-order valence-electron chi connectivity index (χ2n) is 3.59. The first-order valence-corrected chi connectivity index (χ1v) is 4.95. The Balaban J connectivity index is 2.60. The number of carboxylic acid groups (broad SMARTS) is 1. The quantitative estimate of drug-likeness (QED) is 0.791. The summed E-state index contributed by atoms with van der Waals surface area (Å²) in [5, 5.41) is 11.2. The maximum Gasteiger partial charge on any atom is 0.308 e. The van der Waals surface area contributed by atoms with Crippen molar-refractivity contribution in [1.29, 1.82) is 0 Å². The number of rotatable bonds is 4. The third-order valence-electron chi connectivity index (χ3n) is 2.24. The van der Waals surface area contributed by atoms with Crippen molar-refractivity contribution >= 4 is 11.9 Å². The number of carboxylic acids is 1. The zero-order valence-electron chi connectivity index (χ0n) is 9.23. The molecule has 16 heavy (non-hydrogen) atoms. The monoisotopic (exact) mass is 222 g/mol. The van der Waals surface area contributed by atoms with Crippen LogP contribution >= 0.6 is 0 Å². The molecular formula is C11H14N2O3. The molecule has 1 aromatic heterocycles. The molecule has 0 spiro atoms. The number of pyridine rings is 1. The lowest BCUT2D eigenvalue weighted by Crippen LogP contribution is -2.31. The number of nitrogens with one attached hydrogen (secondary N) is 1. The minimum absolute atomic E-state index is 0.114. The summed E-state index contributed by atoms with van der Waals surface area (Å²) in [5.74, 6) is -1.82. The van der Waals surface area contributed by atoms with Crippen molar-refractivity contribution < 1.29 is 14.7 Å². The minimum atomic E-state index is -0.928. The van der Waals surface area contributed by atoms with E-state index in [0.29, 0.717) is 11.3 Å². The van der Waals surface area contributed by atoms with Crippen LogP contribution < -0.4 is 5.32 Å². The van der Waals surface area contributed by atoms with Crippen molar-refractivity contribution in [2.75, 3.05) is 6.54 Å².